The Bertz CT molecular complexity index is 962. The minimum atomic E-state index is -0.150. The van der Waals surface area contributed by atoms with E-state index in [1.54, 1.807) is 0 Å². The molecule has 1 aromatic carbocycles. The van der Waals surface area contributed by atoms with Gasteiger partial charge in [-0.3, -0.25) is 14.3 Å². The van der Waals surface area contributed by atoms with Crippen LogP contribution in [0.15, 0.2) is 30.3 Å². The van der Waals surface area contributed by atoms with Crippen LogP contribution in [-0.4, -0.2) is 52.2 Å². The van der Waals surface area contributed by atoms with Crippen molar-refractivity contribution in [3.8, 4) is 5.75 Å². The summed E-state index contributed by atoms with van der Waals surface area (Å²) in [5, 5.41) is 7.78. The number of hydrogen-bond donors (Lipinski definition) is 1. The van der Waals surface area contributed by atoms with E-state index in [-0.39, 0.29) is 23.4 Å². The molecular formula is C25H34N4O3. The molecule has 0 unspecified atom stereocenters. The SMILES string of the molecule is CCOc1ccc(C(=O)N2CCC(NC(=O)c3cc(C4CC4)n(C(C)(C)C)n3)CC2)cc1. The standard InChI is InChI=1S/C25H34N4O3/c1-5-32-20-10-8-18(9-11-20)24(31)28-14-12-19(13-15-28)26-23(30)21-16-22(17-6-7-17)29(27-21)25(2,3)4/h8-11,16-17,19H,5-7,12-15H2,1-4H3,(H,26,30). The molecule has 7 heteroatoms. The molecule has 1 aromatic heterocycles. The Labute approximate surface area is 190 Å². The highest BCUT2D eigenvalue weighted by atomic mass is 16.5. The van der Waals surface area contributed by atoms with Gasteiger partial charge in [0.15, 0.2) is 0 Å². The number of likely N-dealkylation sites (tertiary alicyclic amines) is 1. The van der Waals surface area contributed by atoms with Crippen molar-refractivity contribution < 1.29 is 14.3 Å². The highest BCUT2D eigenvalue weighted by Gasteiger charge is 2.33. The highest BCUT2D eigenvalue weighted by molar-refractivity contribution is 5.94. The molecule has 1 N–H and O–H groups in total. The van der Waals surface area contributed by atoms with Crippen LogP contribution in [0.2, 0.25) is 0 Å². The fraction of sp³-hybridized carbons (Fsp3) is 0.560. The van der Waals surface area contributed by atoms with E-state index in [9.17, 15) is 9.59 Å². The van der Waals surface area contributed by atoms with Crippen LogP contribution in [0.3, 0.4) is 0 Å². The molecule has 2 heterocycles. The Morgan fingerprint density at radius 1 is 1.09 bits per heavy atom. The highest BCUT2D eigenvalue weighted by Crippen LogP contribution is 2.41. The second kappa shape index (κ2) is 8.96. The first-order valence-electron chi connectivity index (χ1n) is 11.7. The number of carbonyl (C=O) groups excluding carboxylic acids is 2. The predicted octanol–water partition coefficient (Wildman–Crippen LogP) is 3.95. The first kappa shape index (κ1) is 22.4. The Hall–Kier alpha value is -2.83. The van der Waals surface area contributed by atoms with Crippen LogP contribution in [-0.2, 0) is 5.54 Å². The van der Waals surface area contributed by atoms with Gasteiger partial charge in [-0.25, -0.2) is 0 Å². The lowest BCUT2D eigenvalue weighted by atomic mass is 10.0. The van der Waals surface area contributed by atoms with E-state index < -0.39 is 0 Å². The summed E-state index contributed by atoms with van der Waals surface area (Å²) in [4.78, 5) is 27.6. The molecule has 2 fully saturated rings. The van der Waals surface area contributed by atoms with Gasteiger partial charge in [0.2, 0.25) is 0 Å². The van der Waals surface area contributed by atoms with Crippen molar-refractivity contribution in [1.29, 1.82) is 0 Å². The second-order valence-corrected chi connectivity index (χ2v) is 9.81. The lowest BCUT2D eigenvalue weighted by Crippen LogP contribution is -2.46. The molecule has 1 aliphatic carbocycles. The number of aromatic nitrogens is 2. The van der Waals surface area contributed by atoms with Gasteiger partial charge in [-0.15, -0.1) is 0 Å². The molecule has 1 saturated heterocycles. The summed E-state index contributed by atoms with van der Waals surface area (Å²) >= 11 is 0. The van der Waals surface area contributed by atoms with Crippen molar-refractivity contribution >= 4 is 11.8 Å². The topological polar surface area (TPSA) is 76.5 Å². The van der Waals surface area contributed by atoms with Gasteiger partial charge >= 0.3 is 0 Å². The van der Waals surface area contributed by atoms with Crippen molar-refractivity contribution in [2.75, 3.05) is 19.7 Å². The van der Waals surface area contributed by atoms with Gasteiger partial charge in [0, 0.05) is 36.3 Å². The van der Waals surface area contributed by atoms with E-state index in [4.69, 9.17) is 4.74 Å². The van der Waals surface area contributed by atoms with E-state index in [0.717, 1.165) is 18.6 Å². The predicted molar refractivity (Wildman–Crippen MR) is 123 cm³/mol. The normalized spacial score (nSPS) is 17.3. The monoisotopic (exact) mass is 438 g/mol. The number of amides is 2. The summed E-state index contributed by atoms with van der Waals surface area (Å²) in [6, 6.07) is 9.29. The summed E-state index contributed by atoms with van der Waals surface area (Å²) < 4.78 is 7.46. The summed E-state index contributed by atoms with van der Waals surface area (Å²) in [6.45, 7) is 10.1. The first-order valence-corrected chi connectivity index (χ1v) is 11.7. The van der Waals surface area contributed by atoms with Gasteiger partial charge in [-0.05, 0) is 83.7 Å². The van der Waals surface area contributed by atoms with E-state index in [1.807, 2.05) is 46.8 Å². The maximum absolute atomic E-state index is 12.9. The van der Waals surface area contributed by atoms with Crippen molar-refractivity contribution in [3.05, 3.63) is 47.3 Å². The minimum absolute atomic E-state index is 0.0239. The number of piperidine rings is 1. The van der Waals surface area contributed by atoms with E-state index in [0.29, 0.717) is 36.9 Å². The van der Waals surface area contributed by atoms with E-state index in [1.165, 1.54) is 18.5 Å². The van der Waals surface area contributed by atoms with Crippen LogP contribution in [0.25, 0.3) is 0 Å². The number of nitrogens with one attached hydrogen (secondary N) is 1. The average molecular weight is 439 g/mol. The van der Waals surface area contributed by atoms with Gasteiger partial charge < -0.3 is 15.0 Å². The molecule has 4 rings (SSSR count). The maximum atomic E-state index is 12.9. The van der Waals surface area contributed by atoms with Crippen molar-refractivity contribution in [1.82, 2.24) is 20.0 Å². The zero-order valence-electron chi connectivity index (χ0n) is 19.6. The number of hydrogen-bond acceptors (Lipinski definition) is 4. The molecule has 0 spiro atoms. The number of rotatable bonds is 6. The molecule has 2 aliphatic rings. The molecule has 0 bridgehead atoms. The first-order chi connectivity index (χ1) is 15.3. The molecule has 0 radical (unpaired) electrons. The van der Waals surface area contributed by atoms with Gasteiger partial charge in [0.25, 0.3) is 11.8 Å². The van der Waals surface area contributed by atoms with E-state index >= 15 is 0 Å². The number of ether oxygens (including phenoxy) is 1. The molecular weight excluding hydrogens is 404 g/mol. The third-order valence-electron chi connectivity index (χ3n) is 6.13. The fourth-order valence-corrected chi connectivity index (χ4v) is 4.24. The van der Waals surface area contributed by atoms with Gasteiger partial charge in [0.1, 0.15) is 11.4 Å². The lowest BCUT2D eigenvalue weighted by molar-refractivity contribution is 0.0697. The van der Waals surface area contributed by atoms with Gasteiger partial charge in [-0.1, -0.05) is 0 Å². The van der Waals surface area contributed by atoms with E-state index in [2.05, 4.69) is 31.2 Å². The summed E-state index contributed by atoms with van der Waals surface area (Å²) in [5.41, 5.74) is 2.17. The van der Waals surface area contributed by atoms with Crippen molar-refractivity contribution in [2.45, 2.75) is 70.9 Å². The second-order valence-electron chi connectivity index (χ2n) is 9.81. The summed E-state index contributed by atoms with van der Waals surface area (Å²) in [7, 11) is 0. The minimum Gasteiger partial charge on any atom is -0.494 e. The van der Waals surface area contributed by atoms with Crippen LogP contribution in [0.4, 0.5) is 0 Å². The Balaban J connectivity index is 1.33. The van der Waals surface area contributed by atoms with Crippen LogP contribution in [0.5, 0.6) is 5.75 Å². The smallest absolute Gasteiger partial charge is 0.272 e. The molecule has 1 aliphatic heterocycles. The van der Waals surface area contributed by atoms with Crippen LogP contribution < -0.4 is 10.1 Å². The van der Waals surface area contributed by atoms with Crippen LogP contribution in [0.1, 0.15) is 85.8 Å². The lowest BCUT2D eigenvalue weighted by Gasteiger charge is -2.32. The third kappa shape index (κ3) is 4.97. The molecule has 172 valence electrons. The molecule has 1 saturated carbocycles. The zero-order valence-corrected chi connectivity index (χ0v) is 19.6. The molecule has 32 heavy (non-hydrogen) atoms. The van der Waals surface area contributed by atoms with Crippen molar-refractivity contribution in [2.24, 2.45) is 0 Å². The number of nitrogens with zero attached hydrogens (tertiary/aromatic N) is 3. The van der Waals surface area contributed by atoms with Crippen molar-refractivity contribution in [3.63, 3.8) is 0 Å². The van der Waals surface area contributed by atoms with Gasteiger partial charge in [0.05, 0.1) is 12.1 Å². The average Bonchev–Trinajstić information content (AvgIpc) is 3.51. The fourth-order valence-electron chi connectivity index (χ4n) is 4.24. The maximum Gasteiger partial charge on any atom is 0.272 e. The molecule has 7 nitrogen and oxygen atoms in total. The zero-order chi connectivity index (χ0) is 22.9. The Morgan fingerprint density at radius 2 is 1.75 bits per heavy atom. The molecule has 2 amide bonds. The van der Waals surface area contributed by atoms with Gasteiger partial charge in [-0.2, -0.15) is 5.10 Å². The summed E-state index contributed by atoms with van der Waals surface area (Å²) in [5.74, 6) is 1.20. The quantitative estimate of drug-likeness (QED) is 0.741. The van der Waals surface area contributed by atoms with Crippen LogP contribution in [0, 0.1) is 0 Å². The molecule has 0 atom stereocenters. The largest absolute Gasteiger partial charge is 0.494 e. The third-order valence-corrected chi connectivity index (χ3v) is 6.13. The Kier molecular flexibility index (Phi) is 6.26. The Morgan fingerprint density at radius 3 is 2.31 bits per heavy atom. The number of carbonyl (C=O) groups is 2. The number of benzene rings is 1. The van der Waals surface area contributed by atoms with Crippen LogP contribution >= 0.6 is 0 Å². The summed E-state index contributed by atoms with van der Waals surface area (Å²) in [6.07, 6.45) is 3.82. The molecule has 2 aromatic rings.